The van der Waals surface area contributed by atoms with E-state index in [9.17, 15) is 4.79 Å². The maximum Gasteiger partial charge on any atom is 0.227 e. The van der Waals surface area contributed by atoms with Crippen LogP contribution in [0.2, 0.25) is 0 Å². The summed E-state index contributed by atoms with van der Waals surface area (Å²) in [5, 5.41) is 6.01. The highest BCUT2D eigenvalue weighted by Crippen LogP contribution is 2.19. The minimum atomic E-state index is 0.128. The first kappa shape index (κ1) is 22.8. The summed E-state index contributed by atoms with van der Waals surface area (Å²) in [7, 11) is 0. The minimum absolute atomic E-state index is 0.128. The van der Waals surface area contributed by atoms with Gasteiger partial charge >= 0.3 is 0 Å². The van der Waals surface area contributed by atoms with E-state index < -0.39 is 0 Å². The third-order valence-corrected chi connectivity index (χ3v) is 6.50. The lowest BCUT2D eigenvalue weighted by molar-refractivity contribution is -0.131. The molecule has 2 heterocycles. The monoisotopic (exact) mass is 460 g/mol. The van der Waals surface area contributed by atoms with Gasteiger partial charge in [-0.15, -0.1) is 11.3 Å². The van der Waals surface area contributed by atoms with Crippen molar-refractivity contribution in [3.05, 3.63) is 105 Å². The first-order chi connectivity index (χ1) is 16.1. The Bertz CT molecular complexity index is 1130. The van der Waals surface area contributed by atoms with E-state index in [1.807, 2.05) is 67.3 Å². The number of thiophene rings is 1. The van der Waals surface area contributed by atoms with Crippen LogP contribution in [-0.4, -0.2) is 22.5 Å². The molecule has 6 heteroatoms. The van der Waals surface area contributed by atoms with Crippen molar-refractivity contribution in [2.45, 2.75) is 39.8 Å². The van der Waals surface area contributed by atoms with Crippen LogP contribution in [-0.2, 0) is 30.8 Å². The molecule has 1 amide bonds. The summed E-state index contributed by atoms with van der Waals surface area (Å²) in [6.45, 7) is 5.53. The van der Waals surface area contributed by atoms with E-state index in [1.165, 1.54) is 10.4 Å². The molecule has 0 N–H and O–H groups in total. The zero-order valence-electron chi connectivity index (χ0n) is 19.0. The van der Waals surface area contributed by atoms with Gasteiger partial charge in [0.25, 0.3) is 0 Å². The number of nitrogens with zero attached hydrogens (tertiary/aromatic N) is 2. The van der Waals surface area contributed by atoms with Crippen LogP contribution in [0.25, 0.3) is 0 Å². The second kappa shape index (κ2) is 11.0. The van der Waals surface area contributed by atoms with E-state index in [4.69, 9.17) is 9.26 Å². The zero-order chi connectivity index (χ0) is 23.0. The number of aryl methyl sites for hydroxylation is 2. The number of rotatable bonds is 10. The van der Waals surface area contributed by atoms with Gasteiger partial charge in [0.2, 0.25) is 5.91 Å². The average Bonchev–Trinajstić information content (AvgIpc) is 3.46. The lowest BCUT2D eigenvalue weighted by Crippen LogP contribution is -2.33. The van der Waals surface area contributed by atoms with E-state index in [0.29, 0.717) is 26.1 Å². The first-order valence-corrected chi connectivity index (χ1v) is 11.9. The molecule has 0 saturated carbocycles. The Kier molecular flexibility index (Phi) is 7.58. The molecule has 170 valence electrons. The van der Waals surface area contributed by atoms with Gasteiger partial charge in [0.15, 0.2) is 0 Å². The van der Waals surface area contributed by atoms with E-state index in [1.54, 1.807) is 11.3 Å². The molecule has 0 aliphatic heterocycles. The van der Waals surface area contributed by atoms with Crippen molar-refractivity contribution in [1.29, 1.82) is 0 Å². The lowest BCUT2D eigenvalue weighted by atomic mass is 10.1. The quantitative estimate of drug-likeness (QED) is 0.303. The molecule has 0 atom stereocenters. The molecule has 0 unspecified atom stereocenters. The van der Waals surface area contributed by atoms with Crippen molar-refractivity contribution in [1.82, 2.24) is 10.1 Å². The Labute approximate surface area is 198 Å². The van der Waals surface area contributed by atoms with Crippen LogP contribution in [0.15, 0.2) is 76.6 Å². The summed E-state index contributed by atoms with van der Waals surface area (Å²) in [6.07, 6.45) is 1.21. The number of aromatic nitrogens is 1. The van der Waals surface area contributed by atoms with Crippen LogP contribution >= 0.6 is 11.3 Å². The van der Waals surface area contributed by atoms with Gasteiger partial charge in [0, 0.05) is 11.4 Å². The molecule has 0 radical (unpaired) electrons. The Morgan fingerprint density at radius 1 is 1.00 bits per heavy atom. The van der Waals surface area contributed by atoms with Crippen molar-refractivity contribution < 1.29 is 14.1 Å². The largest absolute Gasteiger partial charge is 0.489 e. The third kappa shape index (κ3) is 6.33. The topological polar surface area (TPSA) is 55.6 Å². The van der Waals surface area contributed by atoms with Crippen molar-refractivity contribution >= 4 is 17.2 Å². The summed E-state index contributed by atoms with van der Waals surface area (Å²) in [5.74, 6) is 1.66. The zero-order valence-corrected chi connectivity index (χ0v) is 19.8. The molecular formula is C27H28N2O3S. The minimum Gasteiger partial charge on any atom is -0.489 e. The number of carbonyl (C=O) groups excluding carboxylic acids is 1. The van der Waals surface area contributed by atoms with Crippen molar-refractivity contribution in [2.24, 2.45) is 0 Å². The molecule has 5 nitrogen and oxygen atoms in total. The van der Waals surface area contributed by atoms with Gasteiger partial charge < -0.3 is 14.2 Å². The first-order valence-electron chi connectivity index (χ1n) is 11.1. The smallest absolute Gasteiger partial charge is 0.227 e. The summed E-state index contributed by atoms with van der Waals surface area (Å²) < 4.78 is 11.1. The fraction of sp³-hybridized carbons (Fsp3) is 0.259. The number of hydrogen-bond donors (Lipinski definition) is 0. The Balaban J connectivity index is 1.36. The number of benzene rings is 2. The lowest BCUT2D eigenvalue weighted by Gasteiger charge is -2.22. The van der Waals surface area contributed by atoms with Gasteiger partial charge in [0.05, 0.1) is 24.2 Å². The Hall–Kier alpha value is -3.38. The fourth-order valence-corrected chi connectivity index (χ4v) is 4.36. The standard InChI is InChI=1S/C27H28N2O3S/c1-20-26(21(2)32-28-20)19-31-24-12-10-23(11-13-24)17-27(30)29(18-25-9-6-16-33-25)15-14-22-7-4-3-5-8-22/h3-13,16H,14-15,17-19H2,1-2H3. The van der Waals surface area contributed by atoms with Crippen molar-refractivity contribution in [3.63, 3.8) is 0 Å². The maximum atomic E-state index is 13.2. The van der Waals surface area contributed by atoms with E-state index in [-0.39, 0.29) is 5.91 Å². The van der Waals surface area contributed by atoms with Gasteiger partial charge in [-0.2, -0.15) is 0 Å². The summed E-state index contributed by atoms with van der Waals surface area (Å²) >= 11 is 1.68. The van der Waals surface area contributed by atoms with Crippen LogP contribution in [0.3, 0.4) is 0 Å². The van der Waals surface area contributed by atoms with Crippen molar-refractivity contribution in [3.8, 4) is 5.75 Å². The molecule has 0 saturated heterocycles. The predicted octanol–water partition coefficient (Wildman–Crippen LogP) is 5.75. The van der Waals surface area contributed by atoms with E-state index >= 15 is 0 Å². The third-order valence-electron chi connectivity index (χ3n) is 5.64. The van der Waals surface area contributed by atoms with E-state index in [0.717, 1.165) is 34.8 Å². The second-order valence-corrected chi connectivity index (χ2v) is 9.07. The second-order valence-electron chi connectivity index (χ2n) is 8.04. The molecule has 2 aromatic heterocycles. The molecule has 33 heavy (non-hydrogen) atoms. The molecule has 0 aliphatic rings. The van der Waals surface area contributed by atoms with Gasteiger partial charge in [0.1, 0.15) is 18.1 Å². The van der Waals surface area contributed by atoms with Crippen LogP contribution in [0.4, 0.5) is 0 Å². The molecule has 4 rings (SSSR count). The SMILES string of the molecule is Cc1noc(C)c1COc1ccc(CC(=O)N(CCc2ccccc2)Cc2cccs2)cc1. The summed E-state index contributed by atoms with van der Waals surface area (Å²) in [4.78, 5) is 16.3. The summed E-state index contributed by atoms with van der Waals surface area (Å²) in [6, 6.07) is 22.2. The van der Waals surface area contributed by atoms with Crippen LogP contribution in [0, 0.1) is 13.8 Å². The molecule has 0 aliphatic carbocycles. The van der Waals surface area contributed by atoms with Crippen LogP contribution in [0.5, 0.6) is 5.75 Å². The highest BCUT2D eigenvalue weighted by atomic mass is 32.1. The van der Waals surface area contributed by atoms with Gasteiger partial charge in [-0.05, 0) is 55.0 Å². The molecule has 0 fully saturated rings. The van der Waals surface area contributed by atoms with Crippen LogP contribution < -0.4 is 4.74 Å². The maximum absolute atomic E-state index is 13.2. The normalized spacial score (nSPS) is 10.8. The molecule has 0 spiro atoms. The molecule has 4 aromatic rings. The Morgan fingerprint density at radius 3 is 2.45 bits per heavy atom. The van der Waals surface area contributed by atoms with Gasteiger partial charge in [-0.3, -0.25) is 4.79 Å². The highest BCUT2D eigenvalue weighted by Gasteiger charge is 2.16. The summed E-state index contributed by atoms with van der Waals surface area (Å²) in [5.41, 5.74) is 4.02. The average molecular weight is 461 g/mol. The molecular weight excluding hydrogens is 432 g/mol. The molecule has 2 aromatic carbocycles. The predicted molar refractivity (Wildman–Crippen MR) is 130 cm³/mol. The number of amides is 1. The molecule has 0 bridgehead atoms. The Morgan fingerprint density at radius 2 is 1.79 bits per heavy atom. The van der Waals surface area contributed by atoms with Crippen LogP contribution in [0.1, 0.15) is 33.0 Å². The van der Waals surface area contributed by atoms with Gasteiger partial charge in [-0.1, -0.05) is 53.7 Å². The van der Waals surface area contributed by atoms with Gasteiger partial charge in [-0.25, -0.2) is 0 Å². The number of carbonyl (C=O) groups is 1. The highest BCUT2D eigenvalue weighted by molar-refractivity contribution is 7.09. The van der Waals surface area contributed by atoms with E-state index in [2.05, 4.69) is 28.7 Å². The fourth-order valence-electron chi connectivity index (χ4n) is 3.64. The number of hydrogen-bond acceptors (Lipinski definition) is 5. The van der Waals surface area contributed by atoms with Crippen molar-refractivity contribution in [2.75, 3.05) is 6.54 Å². The number of ether oxygens (including phenoxy) is 1.